The van der Waals surface area contributed by atoms with Crippen molar-refractivity contribution in [2.75, 3.05) is 4.90 Å². The Labute approximate surface area is 343 Å². The summed E-state index contributed by atoms with van der Waals surface area (Å²) in [7, 11) is 0. The van der Waals surface area contributed by atoms with Crippen molar-refractivity contribution in [3.63, 3.8) is 0 Å². The first-order chi connectivity index (χ1) is 28.6. The highest BCUT2D eigenvalue weighted by Gasteiger charge is 2.18. The normalized spacial score (nSPS) is 11.4. The molecule has 0 aliphatic carbocycles. The molecule has 11 aromatic rings. The number of allylic oxidation sites excluding steroid dienone is 1. The van der Waals surface area contributed by atoms with Crippen molar-refractivity contribution in [1.29, 1.82) is 0 Å². The summed E-state index contributed by atoms with van der Waals surface area (Å²) in [6.45, 7) is 11.5. The summed E-state index contributed by atoms with van der Waals surface area (Å²) in [6.07, 6.45) is 3.70. The molecule has 0 amide bonds. The second-order valence-corrected chi connectivity index (χ2v) is 16.0. The zero-order valence-electron chi connectivity index (χ0n) is 32.7. The predicted octanol–water partition coefficient (Wildman–Crippen LogP) is 17.1. The van der Waals surface area contributed by atoms with E-state index in [2.05, 4.69) is 201 Å². The molecule has 0 unspecified atom stereocenters. The topological polar surface area (TPSA) is 3.24 Å². The van der Waals surface area contributed by atoms with E-state index >= 15 is 0 Å². The minimum atomic E-state index is 1.10. The molecule has 1 aromatic heterocycles. The standard InChI is InChI=1S/C53H35NS.C3H6/c1-3-34-30-38(24-20-33(34)2)54(39-27-28-46-42-14-5-4-12-40(42)41-13-6-7-17-45(41)49(46)32-39)37-25-21-35(22-26-37)36-23-29-51-50(31-36)52-47-18-10-8-15-43(47)44-16-9-11-19-48(44)53(52)55-51;1-3-2/h3-32H,1H2,2H3;3H,1H2,2H3. The fraction of sp³-hybridized carbons (Fsp3) is 0.0357. The third-order valence-corrected chi connectivity index (χ3v) is 12.7. The molecule has 1 nitrogen and oxygen atoms in total. The summed E-state index contributed by atoms with van der Waals surface area (Å²) < 4.78 is 2.68. The van der Waals surface area contributed by atoms with Gasteiger partial charge in [-0.15, -0.1) is 17.9 Å². The van der Waals surface area contributed by atoms with Crippen molar-refractivity contribution in [1.82, 2.24) is 0 Å². The van der Waals surface area contributed by atoms with Gasteiger partial charge in [0.2, 0.25) is 0 Å². The molecule has 0 atom stereocenters. The highest BCUT2D eigenvalue weighted by molar-refractivity contribution is 7.27. The lowest BCUT2D eigenvalue weighted by molar-refractivity contribution is 1.28. The van der Waals surface area contributed by atoms with E-state index in [1.165, 1.54) is 90.7 Å². The number of fused-ring (bicyclic) bond motifs is 14. The minimum Gasteiger partial charge on any atom is -0.310 e. The lowest BCUT2D eigenvalue weighted by Crippen LogP contribution is -2.10. The number of hydrogen-bond acceptors (Lipinski definition) is 2. The fourth-order valence-electron chi connectivity index (χ4n) is 8.86. The van der Waals surface area contributed by atoms with Crippen molar-refractivity contribution in [3.8, 4) is 11.1 Å². The van der Waals surface area contributed by atoms with Gasteiger partial charge in [0.15, 0.2) is 0 Å². The Balaban J connectivity index is 0.00000132. The molecule has 2 heteroatoms. The van der Waals surface area contributed by atoms with Gasteiger partial charge in [0.1, 0.15) is 0 Å². The minimum absolute atomic E-state index is 1.10. The predicted molar refractivity (Wildman–Crippen MR) is 258 cm³/mol. The Bertz CT molecular complexity index is 3370. The van der Waals surface area contributed by atoms with Gasteiger partial charge < -0.3 is 4.90 Å². The lowest BCUT2D eigenvalue weighted by atomic mass is 9.94. The van der Waals surface area contributed by atoms with Crippen LogP contribution >= 0.6 is 11.3 Å². The van der Waals surface area contributed by atoms with Gasteiger partial charge >= 0.3 is 0 Å². The van der Waals surface area contributed by atoms with Crippen LogP contribution in [0.4, 0.5) is 17.1 Å². The number of aryl methyl sites for hydroxylation is 1. The van der Waals surface area contributed by atoms with Crippen LogP contribution in [0.5, 0.6) is 0 Å². The zero-order valence-corrected chi connectivity index (χ0v) is 33.5. The van der Waals surface area contributed by atoms with Crippen molar-refractivity contribution < 1.29 is 0 Å². The molecule has 10 aromatic carbocycles. The second-order valence-electron chi connectivity index (χ2n) is 15.0. The summed E-state index contributed by atoms with van der Waals surface area (Å²) in [5, 5.41) is 15.6. The Hall–Kier alpha value is -7.00. The molecule has 0 saturated carbocycles. The van der Waals surface area contributed by atoms with Gasteiger partial charge in [-0.05, 0) is 133 Å². The van der Waals surface area contributed by atoms with Crippen LogP contribution in [0.2, 0.25) is 0 Å². The molecule has 276 valence electrons. The van der Waals surface area contributed by atoms with Crippen LogP contribution in [-0.4, -0.2) is 0 Å². The van der Waals surface area contributed by atoms with E-state index in [0.717, 1.165) is 22.6 Å². The van der Waals surface area contributed by atoms with E-state index in [9.17, 15) is 0 Å². The maximum atomic E-state index is 4.14. The summed E-state index contributed by atoms with van der Waals surface area (Å²) in [5.41, 5.74) is 8.08. The maximum absolute atomic E-state index is 4.14. The average Bonchev–Trinajstić information content (AvgIpc) is 3.67. The van der Waals surface area contributed by atoms with Crippen LogP contribution in [0.15, 0.2) is 195 Å². The first kappa shape index (κ1) is 35.4. The molecule has 0 saturated heterocycles. The van der Waals surface area contributed by atoms with Crippen molar-refractivity contribution in [2.45, 2.75) is 13.8 Å². The number of thiophene rings is 1. The Morgan fingerprint density at radius 2 is 0.897 bits per heavy atom. The molecule has 1 heterocycles. The number of rotatable bonds is 5. The smallest absolute Gasteiger partial charge is 0.0468 e. The van der Waals surface area contributed by atoms with E-state index in [1.807, 2.05) is 24.3 Å². The largest absolute Gasteiger partial charge is 0.310 e. The van der Waals surface area contributed by atoms with Crippen LogP contribution in [-0.2, 0) is 0 Å². The lowest BCUT2D eigenvalue weighted by Gasteiger charge is -2.27. The van der Waals surface area contributed by atoms with E-state index in [0.29, 0.717) is 0 Å². The summed E-state index contributed by atoms with van der Waals surface area (Å²) in [5.74, 6) is 0. The highest BCUT2D eigenvalue weighted by atomic mass is 32.1. The van der Waals surface area contributed by atoms with Gasteiger partial charge in [-0.1, -0.05) is 146 Å². The SMILES string of the molecule is C=CC.C=Cc1cc(N(c2ccc(-c3ccc4sc5c6ccccc6c6ccccc6c5c4c3)cc2)c2ccc3c4ccccc4c4ccccc4c3c2)ccc1C. The first-order valence-electron chi connectivity index (χ1n) is 19.9. The summed E-state index contributed by atoms with van der Waals surface area (Å²) in [6, 6.07) is 65.0. The maximum Gasteiger partial charge on any atom is 0.0468 e. The number of benzene rings is 10. The third kappa shape index (κ3) is 5.76. The number of anilines is 3. The van der Waals surface area contributed by atoms with E-state index in [4.69, 9.17) is 0 Å². The first-order valence-corrected chi connectivity index (χ1v) is 20.7. The van der Waals surface area contributed by atoms with Gasteiger partial charge in [-0.2, -0.15) is 0 Å². The van der Waals surface area contributed by atoms with Gasteiger partial charge in [-0.3, -0.25) is 0 Å². The molecule has 0 radical (unpaired) electrons. The van der Waals surface area contributed by atoms with E-state index in [1.54, 1.807) is 6.08 Å². The molecule has 0 fully saturated rings. The van der Waals surface area contributed by atoms with Crippen LogP contribution in [0.25, 0.3) is 91.2 Å². The summed E-state index contributed by atoms with van der Waals surface area (Å²) >= 11 is 1.90. The molecule has 0 aliphatic rings. The van der Waals surface area contributed by atoms with Gasteiger partial charge in [-0.25, -0.2) is 0 Å². The summed E-state index contributed by atoms with van der Waals surface area (Å²) in [4.78, 5) is 2.38. The van der Waals surface area contributed by atoms with Gasteiger partial charge in [0.25, 0.3) is 0 Å². The van der Waals surface area contributed by atoms with Gasteiger partial charge in [0.05, 0.1) is 0 Å². The second kappa shape index (κ2) is 14.5. The molecule has 0 aliphatic heterocycles. The number of hydrogen-bond donors (Lipinski definition) is 0. The Morgan fingerprint density at radius 3 is 1.52 bits per heavy atom. The molecular formula is C56H41NS. The molecule has 0 spiro atoms. The van der Waals surface area contributed by atoms with Crippen molar-refractivity contribution >= 4 is 109 Å². The van der Waals surface area contributed by atoms with Crippen LogP contribution in [0.1, 0.15) is 18.1 Å². The van der Waals surface area contributed by atoms with Crippen LogP contribution in [0.3, 0.4) is 0 Å². The fourth-order valence-corrected chi connectivity index (χ4v) is 10.1. The molecular weight excluding hydrogens is 719 g/mol. The van der Waals surface area contributed by atoms with Crippen LogP contribution in [0, 0.1) is 6.92 Å². The number of nitrogens with zero attached hydrogens (tertiary/aromatic N) is 1. The molecule has 11 rings (SSSR count). The third-order valence-electron chi connectivity index (χ3n) is 11.5. The van der Waals surface area contributed by atoms with Crippen LogP contribution < -0.4 is 4.90 Å². The van der Waals surface area contributed by atoms with E-state index in [-0.39, 0.29) is 0 Å². The highest BCUT2D eigenvalue weighted by Crippen LogP contribution is 2.46. The monoisotopic (exact) mass is 759 g/mol. The average molecular weight is 760 g/mol. The molecule has 58 heavy (non-hydrogen) atoms. The molecule has 0 bridgehead atoms. The van der Waals surface area contributed by atoms with Crippen molar-refractivity contribution in [2.24, 2.45) is 0 Å². The van der Waals surface area contributed by atoms with Gasteiger partial charge in [0, 0.05) is 42.6 Å². The molecule has 0 N–H and O–H groups in total. The van der Waals surface area contributed by atoms with E-state index < -0.39 is 0 Å². The quantitative estimate of drug-likeness (QED) is 0.125. The zero-order chi connectivity index (χ0) is 39.3. The Kier molecular flexibility index (Phi) is 8.85. The Morgan fingerprint density at radius 1 is 0.431 bits per heavy atom. The van der Waals surface area contributed by atoms with Crippen molar-refractivity contribution in [3.05, 3.63) is 206 Å².